The number of nitrogens with zero attached hydrogens (tertiary/aromatic N) is 1. The van der Waals surface area contributed by atoms with E-state index >= 15 is 0 Å². The summed E-state index contributed by atoms with van der Waals surface area (Å²) in [6.45, 7) is 15.4. The van der Waals surface area contributed by atoms with Crippen molar-refractivity contribution in [1.82, 2.24) is 10.2 Å². The Morgan fingerprint density at radius 3 is 2.56 bits per heavy atom. The number of hydrogen-bond acceptors (Lipinski definition) is 2. The van der Waals surface area contributed by atoms with E-state index in [1.165, 1.54) is 38.8 Å². The minimum Gasteiger partial charge on any atom is -0.311 e. The Kier molecular flexibility index (Phi) is 7.25. The summed E-state index contributed by atoms with van der Waals surface area (Å²) in [5.41, 5.74) is 0. The molecule has 3 atom stereocenters. The molecular formula is C16H34N2. The molecule has 0 aromatic carbocycles. The van der Waals surface area contributed by atoms with Crippen LogP contribution in [0.1, 0.15) is 60.3 Å². The molecule has 0 aromatic rings. The van der Waals surface area contributed by atoms with Gasteiger partial charge in [-0.05, 0) is 25.2 Å². The number of hydrogen-bond donors (Lipinski definition) is 1. The summed E-state index contributed by atoms with van der Waals surface area (Å²) in [7, 11) is 0. The number of unbranched alkanes of at least 4 members (excludes halogenated alkanes) is 1. The Balaban J connectivity index is 2.46. The third-order valence-electron chi connectivity index (χ3n) is 4.57. The highest BCUT2D eigenvalue weighted by Gasteiger charge is 2.27. The predicted octanol–water partition coefficient (Wildman–Crippen LogP) is 3.52. The summed E-state index contributed by atoms with van der Waals surface area (Å²) < 4.78 is 0. The Morgan fingerprint density at radius 1 is 1.28 bits per heavy atom. The van der Waals surface area contributed by atoms with Gasteiger partial charge in [-0.3, -0.25) is 4.90 Å². The second-order valence-corrected chi connectivity index (χ2v) is 6.48. The van der Waals surface area contributed by atoms with Crippen molar-refractivity contribution in [3.63, 3.8) is 0 Å². The third-order valence-corrected chi connectivity index (χ3v) is 4.57. The van der Waals surface area contributed by atoms with E-state index in [9.17, 15) is 0 Å². The molecule has 1 aliphatic heterocycles. The Labute approximate surface area is 115 Å². The topological polar surface area (TPSA) is 15.3 Å². The fraction of sp³-hybridized carbons (Fsp3) is 1.00. The second-order valence-electron chi connectivity index (χ2n) is 6.48. The van der Waals surface area contributed by atoms with Gasteiger partial charge in [-0.1, -0.05) is 47.0 Å². The molecule has 3 unspecified atom stereocenters. The first kappa shape index (κ1) is 16.0. The molecule has 1 aliphatic rings. The number of piperazine rings is 1. The van der Waals surface area contributed by atoms with E-state index in [0.717, 1.165) is 18.4 Å². The first-order valence-electron chi connectivity index (χ1n) is 8.05. The van der Waals surface area contributed by atoms with Gasteiger partial charge in [-0.25, -0.2) is 0 Å². The normalized spacial score (nSPS) is 27.7. The van der Waals surface area contributed by atoms with Crippen LogP contribution >= 0.6 is 0 Å². The molecule has 0 bridgehead atoms. The Bertz CT molecular complexity index is 215. The van der Waals surface area contributed by atoms with Crippen LogP contribution in [0.2, 0.25) is 0 Å². The maximum atomic E-state index is 3.69. The van der Waals surface area contributed by atoms with Gasteiger partial charge in [0.2, 0.25) is 0 Å². The second kappa shape index (κ2) is 8.16. The quantitative estimate of drug-likeness (QED) is 0.748. The summed E-state index contributed by atoms with van der Waals surface area (Å²) >= 11 is 0. The minimum absolute atomic E-state index is 0.685. The molecule has 1 saturated heterocycles. The van der Waals surface area contributed by atoms with E-state index in [4.69, 9.17) is 0 Å². The molecule has 2 nitrogen and oxygen atoms in total. The van der Waals surface area contributed by atoms with E-state index < -0.39 is 0 Å². The minimum atomic E-state index is 0.685. The van der Waals surface area contributed by atoms with Crippen molar-refractivity contribution in [2.75, 3.05) is 19.6 Å². The number of nitrogens with one attached hydrogen (secondary N) is 1. The van der Waals surface area contributed by atoms with Crippen LogP contribution < -0.4 is 5.32 Å². The van der Waals surface area contributed by atoms with Gasteiger partial charge in [0.25, 0.3) is 0 Å². The molecular weight excluding hydrogens is 220 g/mol. The maximum absolute atomic E-state index is 3.69. The van der Waals surface area contributed by atoms with Crippen LogP contribution in [-0.4, -0.2) is 36.6 Å². The SMILES string of the molecule is CCCCC(CC)CN1CC(C(C)C)NCC1C. The average molecular weight is 254 g/mol. The highest BCUT2D eigenvalue weighted by Crippen LogP contribution is 2.19. The monoisotopic (exact) mass is 254 g/mol. The summed E-state index contributed by atoms with van der Waals surface area (Å²) in [5.74, 6) is 1.65. The molecule has 0 aromatic heterocycles. The molecule has 0 saturated carbocycles. The smallest absolute Gasteiger partial charge is 0.0218 e. The Hall–Kier alpha value is -0.0800. The highest BCUT2D eigenvalue weighted by molar-refractivity contribution is 4.86. The van der Waals surface area contributed by atoms with E-state index in [2.05, 4.69) is 44.8 Å². The molecule has 18 heavy (non-hydrogen) atoms. The molecule has 0 radical (unpaired) electrons. The van der Waals surface area contributed by atoms with Crippen LogP contribution in [-0.2, 0) is 0 Å². The van der Waals surface area contributed by atoms with Gasteiger partial charge in [0.05, 0.1) is 0 Å². The summed E-state index contributed by atoms with van der Waals surface area (Å²) in [5, 5.41) is 3.69. The fourth-order valence-corrected chi connectivity index (χ4v) is 2.90. The van der Waals surface area contributed by atoms with Crippen LogP contribution in [0.3, 0.4) is 0 Å². The van der Waals surface area contributed by atoms with Crippen molar-refractivity contribution in [3.05, 3.63) is 0 Å². The zero-order valence-corrected chi connectivity index (χ0v) is 13.2. The van der Waals surface area contributed by atoms with Crippen LogP contribution in [0.25, 0.3) is 0 Å². The van der Waals surface area contributed by atoms with Gasteiger partial charge in [-0.2, -0.15) is 0 Å². The zero-order chi connectivity index (χ0) is 13.5. The Morgan fingerprint density at radius 2 is 2.00 bits per heavy atom. The standard InChI is InChI=1S/C16H34N2/c1-6-8-9-15(7-2)11-18-12-16(13(3)4)17-10-14(18)5/h13-17H,6-12H2,1-5H3. The van der Waals surface area contributed by atoms with Gasteiger partial charge in [0.1, 0.15) is 0 Å². The largest absolute Gasteiger partial charge is 0.311 e. The molecule has 108 valence electrons. The van der Waals surface area contributed by atoms with Crippen LogP contribution in [0, 0.1) is 11.8 Å². The van der Waals surface area contributed by atoms with Crippen molar-refractivity contribution in [1.29, 1.82) is 0 Å². The predicted molar refractivity (Wildman–Crippen MR) is 81.0 cm³/mol. The van der Waals surface area contributed by atoms with Crippen molar-refractivity contribution in [2.24, 2.45) is 11.8 Å². The maximum Gasteiger partial charge on any atom is 0.0218 e. The lowest BCUT2D eigenvalue weighted by molar-refractivity contribution is 0.101. The molecule has 0 spiro atoms. The first-order valence-corrected chi connectivity index (χ1v) is 8.05. The van der Waals surface area contributed by atoms with E-state index in [0.29, 0.717) is 12.1 Å². The molecule has 0 amide bonds. The lowest BCUT2D eigenvalue weighted by Crippen LogP contribution is -2.57. The zero-order valence-electron chi connectivity index (χ0n) is 13.2. The van der Waals surface area contributed by atoms with Gasteiger partial charge in [0, 0.05) is 31.7 Å². The average Bonchev–Trinajstić information content (AvgIpc) is 2.36. The molecule has 0 aliphatic carbocycles. The van der Waals surface area contributed by atoms with Crippen molar-refractivity contribution >= 4 is 0 Å². The van der Waals surface area contributed by atoms with E-state index in [1.807, 2.05) is 0 Å². The highest BCUT2D eigenvalue weighted by atomic mass is 15.2. The summed E-state index contributed by atoms with van der Waals surface area (Å²) in [4.78, 5) is 2.73. The van der Waals surface area contributed by atoms with E-state index in [1.54, 1.807) is 0 Å². The van der Waals surface area contributed by atoms with Crippen molar-refractivity contribution in [2.45, 2.75) is 72.4 Å². The fourth-order valence-electron chi connectivity index (χ4n) is 2.90. The van der Waals surface area contributed by atoms with Crippen molar-refractivity contribution < 1.29 is 0 Å². The third kappa shape index (κ3) is 4.89. The van der Waals surface area contributed by atoms with Gasteiger partial charge >= 0.3 is 0 Å². The lowest BCUT2D eigenvalue weighted by Gasteiger charge is -2.42. The van der Waals surface area contributed by atoms with Crippen LogP contribution in [0.5, 0.6) is 0 Å². The van der Waals surface area contributed by atoms with Crippen molar-refractivity contribution in [3.8, 4) is 0 Å². The summed E-state index contributed by atoms with van der Waals surface area (Å²) in [6.07, 6.45) is 5.48. The van der Waals surface area contributed by atoms with Gasteiger partial charge in [0.15, 0.2) is 0 Å². The number of rotatable bonds is 7. The molecule has 2 heteroatoms. The molecule has 1 rings (SSSR count). The van der Waals surface area contributed by atoms with Crippen LogP contribution in [0.4, 0.5) is 0 Å². The van der Waals surface area contributed by atoms with Gasteiger partial charge in [-0.15, -0.1) is 0 Å². The van der Waals surface area contributed by atoms with E-state index in [-0.39, 0.29) is 0 Å². The molecule has 1 fully saturated rings. The van der Waals surface area contributed by atoms with Crippen LogP contribution in [0.15, 0.2) is 0 Å². The first-order chi connectivity index (χ1) is 8.58. The van der Waals surface area contributed by atoms with Gasteiger partial charge < -0.3 is 5.32 Å². The molecule has 1 heterocycles. The lowest BCUT2D eigenvalue weighted by atomic mass is 9.95. The molecule has 1 N–H and O–H groups in total. The summed E-state index contributed by atoms with van der Waals surface area (Å²) in [6, 6.07) is 1.39.